The van der Waals surface area contributed by atoms with E-state index >= 15 is 0 Å². The molecule has 0 saturated heterocycles. The molecule has 0 aliphatic rings. The smallest absolute Gasteiger partial charge is 0.272 e. The van der Waals surface area contributed by atoms with Crippen LogP contribution in [0.3, 0.4) is 0 Å². The Morgan fingerprint density at radius 3 is 2.95 bits per heavy atom. The minimum Gasteiger partial charge on any atom is -0.305 e. The van der Waals surface area contributed by atoms with Gasteiger partial charge in [0.1, 0.15) is 0 Å². The summed E-state index contributed by atoms with van der Waals surface area (Å²) in [4.78, 5) is 17.9. The fourth-order valence-electron chi connectivity index (χ4n) is 2.02. The lowest BCUT2D eigenvalue weighted by Crippen LogP contribution is -2.15. The predicted molar refractivity (Wildman–Crippen MR) is 92.6 cm³/mol. The first-order chi connectivity index (χ1) is 10.8. The molecular formula is C17H12N2OS2. The summed E-state index contributed by atoms with van der Waals surface area (Å²) in [6.07, 6.45) is 8.68. The van der Waals surface area contributed by atoms with Gasteiger partial charge >= 0.3 is 0 Å². The van der Waals surface area contributed by atoms with E-state index < -0.39 is 0 Å². The first-order valence-corrected chi connectivity index (χ1v) is 8.29. The van der Waals surface area contributed by atoms with Crippen LogP contribution in [0.25, 0.3) is 16.3 Å². The standard InChI is InChI=1S/C17H12N2OS2/c1-2-11-19-14-7-3-4-8-15(14)22-17(19)18-16(20)10-9-13-6-5-12-21-13/h1,3-10,12H,11H2. The highest BCUT2D eigenvalue weighted by atomic mass is 32.1. The highest BCUT2D eigenvalue weighted by Crippen LogP contribution is 2.16. The van der Waals surface area contributed by atoms with Crippen molar-refractivity contribution >= 4 is 44.9 Å². The number of para-hydroxylation sites is 1. The van der Waals surface area contributed by atoms with Crippen molar-refractivity contribution in [3.05, 3.63) is 57.5 Å². The zero-order valence-corrected chi connectivity index (χ0v) is 13.2. The van der Waals surface area contributed by atoms with Crippen molar-refractivity contribution in [3.63, 3.8) is 0 Å². The van der Waals surface area contributed by atoms with Crippen LogP contribution < -0.4 is 4.80 Å². The van der Waals surface area contributed by atoms with E-state index in [1.807, 2.05) is 46.3 Å². The van der Waals surface area contributed by atoms with Crippen molar-refractivity contribution in [2.24, 2.45) is 4.99 Å². The van der Waals surface area contributed by atoms with Crippen molar-refractivity contribution in [2.75, 3.05) is 0 Å². The quantitative estimate of drug-likeness (QED) is 0.536. The zero-order chi connectivity index (χ0) is 15.4. The molecule has 0 N–H and O–H groups in total. The van der Waals surface area contributed by atoms with Gasteiger partial charge in [0, 0.05) is 11.0 Å². The molecule has 22 heavy (non-hydrogen) atoms. The van der Waals surface area contributed by atoms with Crippen molar-refractivity contribution in [2.45, 2.75) is 6.54 Å². The van der Waals surface area contributed by atoms with E-state index in [0.717, 1.165) is 15.1 Å². The number of terminal acetylenes is 1. The molecule has 3 nitrogen and oxygen atoms in total. The van der Waals surface area contributed by atoms with Crippen LogP contribution in [-0.2, 0) is 11.3 Å². The third-order valence-corrected chi connectivity index (χ3v) is 4.87. The Morgan fingerprint density at radius 2 is 2.18 bits per heavy atom. The van der Waals surface area contributed by atoms with E-state index in [-0.39, 0.29) is 5.91 Å². The van der Waals surface area contributed by atoms with E-state index in [1.165, 1.54) is 17.4 Å². The molecule has 5 heteroatoms. The normalized spacial score (nSPS) is 12.0. The molecule has 1 amide bonds. The van der Waals surface area contributed by atoms with Crippen molar-refractivity contribution < 1.29 is 4.79 Å². The molecule has 3 rings (SSSR count). The van der Waals surface area contributed by atoms with Crippen LogP contribution in [0.4, 0.5) is 0 Å². The van der Waals surface area contributed by atoms with Gasteiger partial charge in [-0.3, -0.25) is 4.79 Å². The van der Waals surface area contributed by atoms with Gasteiger partial charge in [0.05, 0.1) is 16.8 Å². The molecule has 3 aromatic rings. The summed E-state index contributed by atoms with van der Waals surface area (Å²) in [5.74, 6) is 2.33. The van der Waals surface area contributed by atoms with Gasteiger partial charge in [0.25, 0.3) is 5.91 Å². The number of amides is 1. The minimum absolute atomic E-state index is 0.286. The largest absolute Gasteiger partial charge is 0.305 e. The molecule has 0 aliphatic heterocycles. The van der Waals surface area contributed by atoms with Crippen LogP contribution in [0.1, 0.15) is 4.88 Å². The number of thiophene rings is 1. The van der Waals surface area contributed by atoms with Gasteiger partial charge in [-0.2, -0.15) is 4.99 Å². The second-order valence-electron chi connectivity index (χ2n) is 4.44. The molecule has 0 aliphatic carbocycles. The minimum atomic E-state index is -0.286. The van der Waals surface area contributed by atoms with Gasteiger partial charge in [0.15, 0.2) is 4.80 Å². The maximum Gasteiger partial charge on any atom is 0.272 e. The Labute approximate surface area is 135 Å². The van der Waals surface area contributed by atoms with E-state index in [4.69, 9.17) is 6.42 Å². The number of carbonyl (C=O) groups excluding carboxylic acids is 1. The van der Waals surface area contributed by atoms with Gasteiger partial charge in [-0.05, 0) is 29.7 Å². The number of nitrogens with zero attached hydrogens (tertiary/aromatic N) is 2. The van der Waals surface area contributed by atoms with Crippen molar-refractivity contribution in [1.29, 1.82) is 0 Å². The summed E-state index contributed by atoms with van der Waals surface area (Å²) < 4.78 is 2.95. The summed E-state index contributed by atoms with van der Waals surface area (Å²) in [6.45, 7) is 0.394. The van der Waals surface area contributed by atoms with Crippen LogP contribution >= 0.6 is 22.7 Å². The van der Waals surface area contributed by atoms with Crippen LogP contribution in [0, 0.1) is 12.3 Å². The van der Waals surface area contributed by atoms with Gasteiger partial charge in [0.2, 0.25) is 0 Å². The highest BCUT2D eigenvalue weighted by molar-refractivity contribution is 7.16. The number of hydrogen-bond acceptors (Lipinski definition) is 3. The number of rotatable bonds is 3. The summed E-state index contributed by atoms with van der Waals surface area (Å²) >= 11 is 3.04. The first kappa shape index (κ1) is 14.5. The predicted octanol–water partition coefficient (Wildman–Crippen LogP) is 3.54. The van der Waals surface area contributed by atoms with Crippen LogP contribution in [0.2, 0.25) is 0 Å². The Bertz CT molecular complexity index is 937. The second-order valence-corrected chi connectivity index (χ2v) is 6.43. The topological polar surface area (TPSA) is 34.4 Å². The van der Waals surface area contributed by atoms with Gasteiger partial charge < -0.3 is 4.57 Å². The third-order valence-electron chi connectivity index (χ3n) is 2.98. The van der Waals surface area contributed by atoms with Gasteiger partial charge in [-0.1, -0.05) is 35.5 Å². The molecule has 0 saturated carbocycles. The summed E-state index contributed by atoms with van der Waals surface area (Å²) in [7, 11) is 0. The molecule has 0 bridgehead atoms. The second kappa shape index (κ2) is 6.56. The number of hydrogen-bond donors (Lipinski definition) is 0. The van der Waals surface area contributed by atoms with Crippen molar-refractivity contribution in [1.82, 2.24) is 4.57 Å². The molecule has 2 aromatic heterocycles. The number of thiazole rings is 1. The molecule has 1 aromatic carbocycles. The average molecular weight is 324 g/mol. The molecule has 0 radical (unpaired) electrons. The Hall–Kier alpha value is -2.42. The van der Waals surface area contributed by atoms with Gasteiger partial charge in [-0.15, -0.1) is 17.8 Å². The Morgan fingerprint density at radius 1 is 1.32 bits per heavy atom. The maximum atomic E-state index is 12.0. The maximum absolute atomic E-state index is 12.0. The first-order valence-electron chi connectivity index (χ1n) is 6.60. The fourth-order valence-corrected chi connectivity index (χ4v) is 3.67. The molecule has 0 fully saturated rings. The molecule has 2 heterocycles. The number of benzene rings is 1. The summed E-state index contributed by atoms with van der Waals surface area (Å²) in [6, 6.07) is 11.8. The molecule has 108 valence electrons. The number of carbonyl (C=O) groups is 1. The van der Waals surface area contributed by atoms with Crippen LogP contribution in [0.15, 0.2) is 52.8 Å². The lowest BCUT2D eigenvalue weighted by atomic mass is 10.3. The third kappa shape index (κ3) is 3.08. The fraction of sp³-hybridized carbons (Fsp3) is 0.0588. The molecule has 0 spiro atoms. The summed E-state index contributed by atoms with van der Waals surface area (Å²) in [5, 5.41) is 1.97. The van der Waals surface area contributed by atoms with E-state index in [2.05, 4.69) is 10.9 Å². The number of aromatic nitrogens is 1. The van der Waals surface area contributed by atoms with E-state index in [0.29, 0.717) is 11.3 Å². The van der Waals surface area contributed by atoms with E-state index in [1.54, 1.807) is 17.4 Å². The summed E-state index contributed by atoms with van der Waals surface area (Å²) in [5.41, 5.74) is 0.999. The highest BCUT2D eigenvalue weighted by Gasteiger charge is 2.05. The Kier molecular flexibility index (Phi) is 4.33. The van der Waals surface area contributed by atoms with Crippen LogP contribution in [0.5, 0.6) is 0 Å². The van der Waals surface area contributed by atoms with Gasteiger partial charge in [-0.25, -0.2) is 0 Å². The monoisotopic (exact) mass is 324 g/mol. The Balaban J connectivity index is 1.99. The average Bonchev–Trinajstić information content (AvgIpc) is 3.14. The molecular weight excluding hydrogens is 312 g/mol. The van der Waals surface area contributed by atoms with Crippen LogP contribution in [-0.4, -0.2) is 10.5 Å². The SMILES string of the molecule is C#CCn1c(=NC(=O)C=Cc2cccs2)sc2ccccc21. The molecule has 0 atom stereocenters. The van der Waals surface area contributed by atoms with E-state index in [9.17, 15) is 4.79 Å². The molecule has 0 unspecified atom stereocenters. The van der Waals surface area contributed by atoms with Crippen molar-refractivity contribution in [3.8, 4) is 12.3 Å². The zero-order valence-electron chi connectivity index (χ0n) is 11.6. The number of fused-ring (bicyclic) bond motifs is 1. The lowest BCUT2D eigenvalue weighted by molar-refractivity contribution is -0.113. The lowest BCUT2D eigenvalue weighted by Gasteiger charge is -1.98.